The Hall–Kier alpha value is -0.120. The smallest absolute Gasteiger partial charge is 0.0592 e. The number of aliphatic hydroxyl groups is 2. The number of β-amino-alcohol motifs (C(OH)–C–C–N with tert-alkyl or cyclic N) is 1. The van der Waals surface area contributed by atoms with E-state index >= 15 is 0 Å². The highest BCUT2D eigenvalue weighted by Crippen LogP contribution is 2.23. The molecule has 2 N–H and O–H groups in total. The lowest BCUT2D eigenvalue weighted by molar-refractivity contribution is 0.0126. The van der Waals surface area contributed by atoms with Crippen LogP contribution in [0.15, 0.2) is 0 Å². The molecule has 84 valence electrons. The molecule has 0 saturated carbocycles. The second-order valence-electron chi connectivity index (χ2n) is 4.77. The molecule has 3 heteroatoms. The maximum absolute atomic E-state index is 9.81. The minimum Gasteiger partial charge on any atom is -0.395 e. The van der Waals surface area contributed by atoms with Crippen LogP contribution in [-0.4, -0.2) is 47.5 Å². The summed E-state index contributed by atoms with van der Waals surface area (Å²) in [5.74, 6) is 1.04. The third-order valence-electron chi connectivity index (χ3n) is 2.97. The summed E-state index contributed by atoms with van der Waals surface area (Å²) in [6.45, 7) is 7.23. The van der Waals surface area contributed by atoms with Crippen LogP contribution in [0.5, 0.6) is 0 Å². The molecule has 0 aliphatic carbocycles. The van der Waals surface area contributed by atoms with Gasteiger partial charge in [-0.2, -0.15) is 0 Å². The SMILES string of the molecule is CC(C)CC1CN(CCO)CCC1O. The fourth-order valence-corrected chi connectivity index (χ4v) is 2.28. The number of hydrogen-bond acceptors (Lipinski definition) is 3. The van der Waals surface area contributed by atoms with Gasteiger partial charge < -0.3 is 15.1 Å². The Kier molecular flexibility index (Phi) is 4.85. The normalized spacial score (nSPS) is 29.8. The molecule has 1 fully saturated rings. The average Bonchev–Trinajstić information content (AvgIpc) is 2.10. The van der Waals surface area contributed by atoms with Crippen molar-refractivity contribution < 1.29 is 10.2 Å². The molecule has 0 aromatic heterocycles. The largest absolute Gasteiger partial charge is 0.395 e. The highest BCUT2D eigenvalue weighted by atomic mass is 16.3. The van der Waals surface area contributed by atoms with Gasteiger partial charge in [-0.25, -0.2) is 0 Å². The Morgan fingerprint density at radius 3 is 2.71 bits per heavy atom. The van der Waals surface area contributed by atoms with Crippen molar-refractivity contribution in [2.24, 2.45) is 11.8 Å². The van der Waals surface area contributed by atoms with Crippen LogP contribution < -0.4 is 0 Å². The van der Waals surface area contributed by atoms with Gasteiger partial charge in [0, 0.05) is 19.6 Å². The Morgan fingerprint density at radius 2 is 2.14 bits per heavy atom. The van der Waals surface area contributed by atoms with E-state index in [-0.39, 0.29) is 12.7 Å². The van der Waals surface area contributed by atoms with Crippen molar-refractivity contribution in [1.82, 2.24) is 4.90 Å². The van der Waals surface area contributed by atoms with Gasteiger partial charge in [0.1, 0.15) is 0 Å². The summed E-state index contributed by atoms with van der Waals surface area (Å²) in [6, 6.07) is 0. The zero-order valence-corrected chi connectivity index (χ0v) is 9.32. The van der Waals surface area contributed by atoms with E-state index in [0.717, 1.165) is 32.5 Å². The van der Waals surface area contributed by atoms with Crippen LogP contribution in [0.3, 0.4) is 0 Å². The highest BCUT2D eigenvalue weighted by Gasteiger charge is 2.27. The van der Waals surface area contributed by atoms with Gasteiger partial charge >= 0.3 is 0 Å². The van der Waals surface area contributed by atoms with E-state index < -0.39 is 0 Å². The first-order valence-corrected chi connectivity index (χ1v) is 5.64. The molecule has 0 amide bonds. The molecule has 1 aliphatic heterocycles. The third kappa shape index (κ3) is 3.56. The van der Waals surface area contributed by atoms with E-state index in [4.69, 9.17) is 5.11 Å². The molecule has 0 aromatic rings. The van der Waals surface area contributed by atoms with Gasteiger partial charge in [-0.1, -0.05) is 13.8 Å². The average molecular weight is 201 g/mol. The monoisotopic (exact) mass is 201 g/mol. The minimum atomic E-state index is -0.132. The molecular weight excluding hydrogens is 178 g/mol. The fraction of sp³-hybridized carbons (Fsp3) is 1.00. The summed E-state index contributed by atoms with van der Waals surface area (Å²) in [5.41, 5.74) is 0. The summed E-state index contributed by atoms with van der Waals surface area (Å²) in [4.78, 5) is 2.25. The lowest BCUT2D eigenvalue weighted by Gasteiger charge is -2.36. The summed E-state index contributed by atoms with van der Waals surface area (Å²) in [6.07, 6.45) is 1.81. The quantitative estimate of drug-likeness (QED) is 0.704. The van der Waals surface area contributed by atoms with E-state index in [1.807, 2.05) is 0 Å². The van der Waals surface area contributed by atoms with Crippen LogP contribution in [0.1, 0.15) is 26.7 Å². The Balaban J connectivity index is 2.38. The zero-order chi connectivity index (χ0) is 10.6. The van der Waals surface area contributed by atoms with Gasteiger partial charge in [0.2, 0.25) is 0 Å². The Labute approximate surface area is 86.7 Å². The molecule has 0 aromatic carbocycles. The predicted octanol–water partition coefficient (Wildman–Crippen LogP) is 0.708. The number of rotatable bonds is 4. The molecule has 1 rings (SSSR count). The van der Waals surface area contributed by atoms with Crippen LogP contribution in [0.4, 0.5) is 0 Å². The molecule has 2 unspecified atom stereocenters. The topological polar surface area (TPSA) is 43.7 Å². The van der Waals surface area contributed by atoms with Crippen LogP contribution in [-0.2, 0) is 0 Å². The lowest BCUT2D eigenvalue weighted by Crippen LogP contribution is -2.44. The Bertz CT molecular complexity index is 161. The van der Waals surface area contributed by atoms with Crippen molar-refractivity contribution in [3.63, 3.8) is 0 Å². The van der Waals surface area contributed by atoms with Gasteiger partial charge in [-0.3, -0.25) is 0 Å². The molecule has 3 nitrogen and oxygen atoms in total. The van der Waals surface area contributed by atoms with Gasteiger partial charge in [0.25, 0.3) is 0 Å². The van der Waals surface area contributed by atoms with Crippen molar-refractivity contribution in [2.45, 2.75) is 32.8 Å². The van der Waals surface area contributed by atoms with Crippen molar-refractivity contribution in [1.29, 1.82) is 0 Å². The standard InChI is InChI=1S/C11H23NO2/c1-9(2)7-10-8-12(5-6-13)4-3-11(10)14/h9-11,13-14H,3-8H2,1-2H3. The molecule has 1 heterocycles. The van der Waals surface area contributed by atoms with Crippen LogP contribution >= 0.6 is 0 Å². The summed E-state index contributed by atoms with van der Waals surface area (Å²) < 4.78 is 0. The number of aliphatic hydroxyl groups excluding tert-OH is 2. The van der Waals surface area contributed by atoms with E-state index in [1.165, 1.54) is 0 Å². The molecule has 0 spiro atoms. The van der Waals surface area contributed by atoms with Crippen molar-refractivity contribution in [2.75, 3.05) is 26.2 Å². The van der Waals surface area contributed by atoms with Gasteiger partial charge in [0.15, 0.2) is 0 Å². The summed E-state index contributed by atoms with van der Waals surface area (Å²) >= 11 is 0. The summed E-state index contributed by atoms with van der Waals surface area (Å²) in [5, 5.41) is 18.7. The number of hydrogen-bond donors (Lipinski definition) is 2. The van der Waals surface area contributed by atoms with E-state index in [0.29, 0.717) is 11.8 Å². The van der Waals surface area contributed by atoms with E-state index in [1.54, 1.807) is 0 Å². The maximum atomic E-state index is 9.81. The second-order valence-corrected chi connectivity index (χ2v) is 4.77. The Morgan fingerprint density at radius 1 is 1.43 bits per heavy atom. The van der Waals surface area contributed by atoms with E-state index in [2.05, 4.69) is 18.7 Å². The molecule has 1 saturated heterocycles. The predicted molar refractivity (Wildman–Crippen MR) is 57.1 cm³/mol. The number of piperidine rings is 1. The first-order valence-electron chi connectivity index (χ1n) is 5.64. The second kappa shape index (κ2) is 5.69. The number of likely N-dealkylation sites (tertiary alicyclic amines) is 1. The lowest BCUT2D eigenvalue weighted by atomic mass is 9.87. The highest BCUT2D eigenvalue weighted by molar-refractivity contribution is 4.80. The van der Waals surface area contributed by atoms with Crippen molar-refractivity contribution >= 4 is 0 Å². The zero-order valence-electron chi connectivity index (χ0n) is 9.32. The molecule has 2 atom stereocenters. The molecular formula is C11H23NO2. The van der Waals surface area contributed by atoms with Crippen LogP contribution in [0.2, 0.25) is 0 Å². The first-order chi connectivity index (χ1) is 6.63. The van der Waals surface area contributed by atoms with Crippen LogP contribution in [0.25, 0.3) is 0 Å². The third-order valence-corrected chi connectivity index (χ3v) is 2.97. The van der Waals surface area contributed by atoms with Crippen molar-refractivity contribution in [3.05, 3.63) is 0 Å². The van der Waals surface area contributed by atoms with Crippen LogP contribution in [0, 0.1) is 11.8 Å². The number of nitrogens with zero attached hydrogens (tertiary/aromatic N) is 1. The van der Waals surface area contributed by atoms with Crippen molar-refractivity contribution in [3.8, 4) is 0 Å². The van der Waals surface area contributed by atoms with E-state index in [9.17, 15) is 5.11 Å². The maximum Gasteiger partial charge on any atom is 0.0592 e. The minimum absolute atomic E-state index is 0.132. The van der Waals surface area contributed by atoms with Gasteiger partial charge in [-0.15, -0.1) is 0 Å². The molecule has 1 aliphatic rings. The molecule has 0 radical (unpaired) electrons. The summed E-state index contributed by atoms with van der Waals surface area (Å²) in [7, 11) is 0. The van der Waals surface area contributed by atoms with Gasteiger partial charge in [-0.05, 0) is 24.7 Å². The molecule has 14 heavy (non-hydrogen) atoms. The first kappa shape index (κ1) is 12.0. The fourth-order valence-electron chi connectivity index (χ4n) is 2.28. The van der Waals surface area contributed by atoms with Gasteiger partial charge in [0.05, 0.1) is 12.7 Å². The molecule has 0 bridgehead atoms.